The van der Waals surface area contributed by atoms with Crippen molar-refractivity contribution in [1.29, 1.82) is 0 Å². The van der Waals surface area contributed by atoms with Crippen LogP contribution in [0.1, 0.15) is 38.5 Å². The van der Waals surface area contributed by atoms with Crippen molar-refractivity contribution in [3.05, 3.63) is 0 Å². The lowest BCUT2D eigenvalue weighted by Crippen LogP contribution is -2.48. The highest BCUT2D eigenvalue weighted by atomic mass is 16.5. The molecule has 0 bridgehead atoms. The fraction of sp³-hybridized carbons (Fsp3) is 0.923. The Balaban J connectivity index is 1.90. The highest BCUT2D eigenvalue weighted by molar-refractivity contribution is 5.82. The maximum absolute atomic E-state index is 12.3. The molecule has 1 heterocycles. The lowest BCUT2D eigenvalue weighted by molar-refractivity contribution is -0.134. The van der Waals surface area contributed by atoms with Gasteiger partial charge in [-0.05, 0) is 31.6 Å². The van der Waals surface area contributed by atoms with Gasteiger partial charge in [-0.25, -0.2) is 0 Å². The summed E-state index contributed by atoms with van der Waals surface area (Å²) in [5.74, 6) is 0.874. The Bertz CT molecular complexity index is 270. The minimum atomic E-state index is -0.379. The highest BCUT2D eigenvalue weighted by Gasteiger charge is 2.39. The Morgan fingerprint density at radius 3 is 2.94 bits per heavy atom. The number of ether oxygens (including phenoxy) is 1. The lowest BCUT2D eigenvalue weighted by atomic mass is 9.85. The molecular weight excluding hydrogens is 216 g/mol. The first-order valence-electron chi connectivity index (χ1n) is 6.79. The minimum absolute atomic E-state index is 0.136. The molecule has 1 aliphatic heterocycles. The number of carbonyl (C=O) groups excluding carboxylic acids is 1. The van der Waals surface area contributed by atoms with Crippen molar-refractivity contribution in [2.45, 2.75) is 50.6 Å². The molecular formula is C13H24N2O2. The van der Waals surface area contributed by atoms with Gasteiger partial charge in [0.15, 0.2) is 0 Å². The normalized spacial score (nSPS) is 30.1. The molecule has 3 unspecified atom stereocenters. The molecule has 4 nitrogen and oxygen atoms in total. The molecule has 0 spiro atoms. The van der Waals surface area contributed by atoms with Crippen molar-refractivity contribution in [2.75, 3.05) is 20.3 Å². The number of hydrogen-bond acceptors (Lipinski definition) is 3. The van der Waals surface area contributed by atoms with E-state index in [2.05, 4.69) is 0 Å². The molecule has 4 heteroatoms. The van der Waals surface area contributed by atoms with E-state index in [1.165, 1.54) is 32.1 Å². The van der Waals surface area contributed by atoms with E-state index in [-0.39, 0.29) is 11.9 Å². The van der Waals surface area contributed by atoms with Gasteiger partial charge in [0.05, 0.1) is 6.04 Å². The van der Waals surface area contributed by atoms with Gasteiger partial charge in [0.2, 0.25) is 5.91 Å². The van der Waals surface area contributed by atoms with Crippen LogP contribution in [-0.4, -0.2) is 43.2 Å². The summed E-state index contributed by atoms with van der Waals surface area (Å²) < 4.78 is 4.98. The summed E-state index contributed by atoms with van der Waals surface area (Å²) in [5.41, 5.74) is 5.93. The number of nitrogens with zero attached hydrogens (tertiary/aromatic N) is 1. The Hall–Kier alpha value is -0.610. The topological polar surface area (TPSA) is 55.6 Å². The molecule has 0 aromatic carbocycles. The maximum Gasteiger partial charge on any atom is 0.239 e. The van der Waals surface area contributed by atoms with Gasteiger partial charge in [-0.2, -0.15) is 0 Å². The molecule has 2 rings (SSSR count). The van der Waals surface area contributed by atoms with Crippen LogP contribution in [0.2, 0.25) is 0 Å². The number of rotatable bonds is 4. The molecule has 1 saturated heterocycles. The molecule has 3 atom stereocenters. The third kappa shape index (κ3) is 2.80. The number of hydrogen-bond donors (Lipinski definition) is 1. The molecule has 0 aromatic rings. The fourth-order valence-corrected chi connectivity index (χ4v) is 3.26. The number of fused-ring (bicyclic) bond motifs is 1. The number of amides is 1. The second-order valence-corrected chi connectivity index (χ2v) is 5.32. The summed E-state index contributed by atoms with van der Waals surface area (Å²) in [5, 5.41) is 0. The van der Waals surface area contributed by atoms with Crippen molar-refractivity contribution in [3.63, 3.8) is 0 Å². The van der Waals surface area contributed by atoms with E-state index in [0.29, 0.717) is 19.1 Å². The average molecular weight is 240 g/mol. The van der Waals surface area contributed by atoms with Gasteiger partial charge in [0.25, 0.3) is 0 Å². The van der Waals surface area contributed by atoms with Crippen LogP contribution >= 0.6 is 0 Å². The average Bonchev–Trinajstić information content (AvgIpc) is 2.78. The molecule has 1 amide bonds. The van der Waals surface area contributed by atoms with Gasteiger partial charge in [-0.3, -0.25) is 4.79 Å². The van der Waals surface area contributed by atoms with Crippen LogP contribution in [0.5, 0.6) is 0 Å². The van der Waals surface area contributed by atoms with Crippen LogP contribution in [0.25, 0.3) is 0 Å². The minimum Gasteiger partial charge on any atom is -0.385 e. The van der Waals surface area contributed by atoms with Crippen molar-refractivity contribution in [1.82, 2.24) is 4.90 Å². The van der Waals surface area contributed by atoms with Crippen molar-refractivity contribution < 1.29 is 9.53 Å². The predicted molar refractivity (Wildman–Crippen MR) is 66.5 cm³/mol. The molecule has 1 aliphatic carbocycles. The number of nitrogens with two attached hydrogens (primary N) is 1. The Kier molecular flexibility index (Phi) is 4.40. The lowest BCUT2D eigenvalue weighted by Gasteiger charge is -2.33. The van der Waals surface area contributed by atoms with Gasteiger partial charge >= 0.3 is 0 Å². The van der Waals surface area contributed by atoms with Gasteiger partial charge < -0.3 is 15.4 Å². The molecule has 2 aliphatic rings. The summed E-state index contributed by atoms with van der Waals surface area (Å²) in [4.78, 5) is 14.3. The van der Waals surface area contributed by atoms with Crippen molar-refractivity contribution in [3.8, 4) is 0 Å². The summed E-state index contributed by atoms with van der Waals surface area (Å²) in [6.07, 6.45) is 6.86. The quantitative estimate of drug-likeness (QED) is 0.801. The first kappa shape index (κ1) is 12.8. The zero-order valence-corrected chi connectivity index (χ0v) is 10.7. The van der Waals surface area contributed by atoms with E-state index in [0.717, 1.165) is 12.5 Å². The molecule has 0 aromatic heterocycles. The van der Waals surface area contributed by atoms with Crippen molar-refractivity contribution in [2.24, 2.45) is 11.7 Å². The van der Waals surface area contributed by atoms with Crippen LogP contribution in [0.15, 0.2) is 0 Å². The van der Waals surface area contributed by atoms with Gasteiger partial charge in [0.1, 0.15) is 0 Å². The monoisotopic (exact) mass is 240 g/mol. The highest BCUT2D eigenvalue weighted by Crippen LogP contribution is 2.36. The summed E-state index contributed by atoms with van der Waals surface area (Å²) in [6.45, 7) is 1.48. The van der Waals surface area contributed by atoms with Crippen LogP contribution in [0.3, 0.4) is 0 Å². The van der Waals surface area contributed by atoms with E-state index in [9.17, 15) is 4.79 Å². The Labute approximate surface area is 103 Å². The first-order chi connectivity index (χ1) is 8.24. The standard InChI is InChI=1S/C13H24N2O2/c1-17-9-7-11(14)13(16)15-8-6-10-4-2-3-5-12(10)15/h10-12H,2-9,14H2,1H3. The van der Waals surface area contributed by atoms with E-state index in [1.807, 2.05) is 4.90 Å². The zero-order valence-electron chi connectivity index (χ0n) is 10.7. The third-order valence-electron chi connectivity index (χ3n) is 4.24. The first-order valence-corrected chi connectivity index (χ1v) is 6.79. The third-order valence-corrected chi connectivity index (χ3v) is 4.24. The Morgan fingerprint density at radius 2 is 2.18 bits per heavy atom. The molecule has 17 heavy (non-hydrogen) atoms. The van der Waals surface area contributed by atoms with Crippen LogP contribution in [0.4, 0.5) is 0 Å². The van der Waals surface area contributed by atoms with E-state index in [1.54, 1.807) is 7.11 Å². The molecule has 1 saturated carbocycles. The molecule has 2 fully saturated rings. The van der Waals surface area contributed by atoms with E-state index >= 15 is 0 Å². The van der Waals surface area contributed by atoms with Crippen molar-refractivity contribution >= 4 is 5.91 Å². The molecule has 0 radical (unpaired) electrons. The summed E-state index contributed by atoms with van der Waals surface area (Å²) in [6, 6.07) is 0.0977. The molecule has 2 N–H and O–H groups in total. The van der Waals surface area contributed by atoms with Crippen LogP contribution in [-0.2, 0) is 9.53 Å². The van der Waals surface area contributed by atoms with Crippen LogP contribution < -0.4 is 5.73 Å². The van der Waals surface area contributed by atoms with Gasteiger partial charge in [-0.1, -0.05) is 12.8 Å². The second-order valence-electron chi connectivity index (χ2n) is 5.32. The summed E-state index contributed by atoms with van der Waals surface area (Å²) >= 11 is 0. The second kappa shape index (κ2) is 5.83. The SMILES string of the molecule is COCCC(N)C(=O)N1CCC2CCCCC21. The largest absolute Gasteiger partial charge is 0.385 e. The van der Waals surface area contributed by atoms with E-state index in [4.69, 9.17) is 10.5 Å². The number of likely N-dealkylation sites (tertiary alicyclic amines) is 1. The number of methoxy groups -OCH3 is 1. The van der Waals surface area contributed by atoms with Gasteiger partial charge in [0, 0.05) is 26.3 Å². The van der Waals surface area contributed by atoms with Gasteiger partial charge in [-0.15, -0.1) is 0 Å². The molecule has 98 valence electrons. The van der Waals surface area contributed by atoms with E-state index < -0.39 is 0 Å². The zero-order chi connectivity index (χ0) is 12.3. The predicted octanol–water partition coefficient (Wildman–Crippen LogP) is 1.14. The summed E-state index contributed by atoms with van der Waals surface area (Å²) in [7, 11) is 1.64. The fourth-order valence-electron chi connectivity index (χ4n) is 3.26. The van der Waals surface area contributed by atoms with Crippen LogP contribution in [0, 0.1) is 5.92 Å². The maximum atomic E-state index is 12.3. The number of carbonyl (C=O) groups is 1. The smallest absolute Gasteiger partial charge is 0.239 e. The Morgan fingerprint density at radius 1 is 1.41 bits per heavy atom.